The normalized spacial score (nSPS) is 15.9. The van der Waals surface area contributed by atoms with Crippen LogP contribution in [0, 0.1) is 5.82 Å². The molecule has 0 atom stereocenters. The highest BCUT2D eigenvalue weighted by molar-refractivity contribution is 14.0. The fourth-order valence-electron chi connectivity index (χ4n) is 3.36. The van der Waals surface area contributed by atoms with Gasteiger partial charge in [0, 0.05) is 50.7 Å². The van der Waals surface area contributed by atoms with Gasteiger partial charge in [0.05, 0.1) is 12.2 Å². The Bertz CT molecular complexity index is 756. The molecular formula is C21H31FIN5O. The minimum absolute atomic E-state index is 0. The second-order valence-corrected chi connectivity index (χ2v) is 7.81. The Morgan fingerprint density at radius 3 is 2.45 bits per heavy atom. The monoisotopic (exact) mass is 515 g/mol. The van der Waals surface area contributed by atoms with E-state index >= 15 is 0 Å². The van der Waals surface area contributed by atoms with Gasteiger partial charge in [-0.15, -0.1) is 24.0 Å². The average Bonchev–Trinajstić information content (AvgIpc) is 3.19. The maximum Gasteiger partial charge on any atom is 0.194 e. The van der Waals surface area contributed by atoms with E-state index in [4.69, 9.17) is 9.52 Å². The summed E-state index contributed by atoms with van der Waals surface area (Å²) in [4.78, 5) is 9.58. The first-order valence-corrected chi connectivity index (χ1v) is 9.89. The first-order chi connectivity index (χ1) is 13.5. The maximum absolute atomic E-state index is 13.2. The molecule has 1 aromatic carbocycles. The van der Waals surface area contributed by atoms with Crippen molar-refractivity contribution in [3.63, 3.8) is 0 Å². The van der Waals surface area contributed by atoms with Crippen molar-refractivity contribution in [3.05, 3.63) is 53.7 Å². The summed E-state index contributed by atoms with van der Waals surface area (Å²) in [7, 11) is 0. The molecule has 0 bridgehead atoms. The molecule has 1 aliphatic rings. The van der Waals surface area contributed by atoms with Crippen LogP contribution in [0.25, 0.3) is 0 Å². The fourth-order valence-corrected chi connectivity index (χ4v) is 3.36. The van der Waals surface area contributed by atoms with Crippen molar-refractivity contribution in [2.75, 3.05) is 39.3 Å². The Morgan fingerprint density at radius 1 is 1.17 bits per heavy atom. The molecule has 6 nitrogen and oxygen atoms in total. The van der Waals surface area contributed by atoms with E-state index in [0.717, 1.165) is 56.5 Å². The molecule has 0 radical (unpaired) electrons. The maximum atomic E-state index is 13.2. The van der Waals surface area contributed by atoms with Gasteiger partial charge in [0.2, 0.25) is 0 Å². The second-order valence-electron chi connectivity index (χ2n) is 7.81. The highest BCUT2D eigenvalue weighted by Crippen LogP contribution is 2.24. The van der Waals surface area contributed by atoms with Gasteiger partial charge in [0.1, 0.15) is 12.1 Å². The van der Waals surface area contributed by atoms with Crippen LogP contribution in [0.5, 0.6) is 0 Å². The van der Waals surface area contributed by atoms with Crippen LogP contribution in [0.3, 0.4) is 0 Å². The van der Waals surface area contributed by atoms with Crippen LogP contribution in [0.2, 0.25) is 0 Å². The fraction of sp³-hybridized carbons (Fsp3) is 0.524. The topological polar surface area (TPSA) is 56.9 Å². The van der Waals surface area contributed by atoms with Crippen LogP contribution in [0.4, 0.5) is 4.39 Å². The third-order valence-electron chi connectivity index (χ3n) is 5.13. The first kappa shape index (κ1) is 23.6. The quantitative estimate of drug-likeness (QED) is 0.363. The molecule has 1 saturated heterocycles. The highest BCUT2D eigenvalue weighted by Gasteiger charge is 2.23. The Balaban J connectivity index is 0.00000300. The van der Waals surface area contributed by atoms with Crippen LogP contribution in [-0.4, -0.2) is 60.2 Å². The third-order valence-corrected chi connectivity index (χ3v) is 5.13. The SMILES string of the molecule is CCNC(=NCC(C)(C)c1ccc(F)cc1)N1CCN(Cc2ccon2)CC1.I. The molecule has 1 N–H and O–H groups in total. The molecule has 3 rings (SSSR count). The molecular weight excluding hydrogens is 484 g/mol. The predicted octanol–water partition coefficient (Wildman–Crippen LogP) is 3.49. The van der Waals surface area contributed by atoms with E-state index in [1.165, 1.54) is 12.1 Å². The summed E-state index contributed by atoms with van der Waals surface area (Å²) in [5, 5.41) is 7.41. The predicted molar refractivity (Wildman–Crippen MR) is 124 cm³/mol. The average molecular weight is 515 g/mol. The smallest absolute Gasteiger partial charge is 0.194 e. The zero-order valence-electron chi connectivity index (χ0n) is 17.4. The molecule has 0 saturated carbocycles. The highest BCUT2D eigenvalue weighted by atomic mass is 127. The van der Waals surface area contributed by atoms with Gasteiger partial charge < -0.3 is 14.7 Å². The zero-order chi connectivity index (χ0) is 20.0. The molecule has 0 amide bonds. The van der Waals surface area contributed by atoms with Crippen LogP contribution in [-0.2, 0) is 12.0 Å². The van der Waals surface area contributed by atoms with E-state index in [9.17, 15) is 4.39 Å². The van der Waals surface area contributed by atoms with Crippen molar-refractivity contribution in [1.29, 1.82) is 0 Å². The molecule has 0 aliphatic carbocycles. The zero-order valence-corrected chi connectivity index (χ0v) is 19.7. The van der Waals surface area contributed by atoms with Gasteiger partial charge >= 0.3 is 0 Å². The number of hydrogen-bond acceptors (Lipinski definition) is 4. The van der Waals surface area contributed by atoms with Gasteiger partial charge in [0.15, 0.2) is 5.96 Å². The van der Waals surface area contributed by atoms with E-state index in [1.54, 1.807) is 6.26 Å². The van der Waals surface area contributed by atoms with Crippen LogP contribution in [0.15, 0.2) is 46.1 Å². The summed E-state index contributed by atoms with van der Waals surface area (Å²) in [6.07, 6.45) is 1.62. The number of aromatic nitrogens is 1. The minimum atomic E-state index is -0.208. The van der Waals surface area contributed by atoms with Crippen molar-refractivity contribution in [2.45, 2.75) is 32.7 Å². The van der Waals surface area contributed by atoms with Crippen molar-refractivity contribution in [1.82, 2.24) is 20.3 Å². The number of nitrogens with zero attached hydrogens (tertiary/aromatic N) is 4. The molecule has 2 aromatic rings. The Kier molecular flexibility index (Phi) is 8.88. The summed E-state index contributed by atoms with van der Waals surface area (Å²) < 4.78 is 18.1. The van der Waals surface area contributed by atoms with Crippen molar-refractivity contribution in [2.24, 2.45) is 4.99 Å². The number of rotatable bonds is 6. The van der Waals surface area contributed by atoms with E-state index in [0.29, 0.717) is 6.54 Å². The van der Waals surface area contributed by atoms with Crippen molar-refractivity contribution >= 4 is 29.9 Å². The summed E-state index contributed by atoms with van der Waals surface area (Å²) >= 11 is 0. The van der Waals surface area contributed by atoms with Gasteiger partial charge in [-0.1, -0.05) is 31.1 Å². The second kappa shape index (κ2) is 10.9. The number of piperazine rings is 1. The lowest BCUT2D eigenvalue weighted by Crippen LogP contribution is -2.52. The van der Waals surface area contributed by atoms with Crippen LogP contribution in [0.1, 0.15) is 32.0 Å². The summed E-state index contributed by atoms with van der Waals surface area (Å²) in [5.74, 6) is 0.735. The van der Waals surface area contributed by atoms with Gasteiger partial charge in [-0.3, -0.25) is 9.89 Å². The number of guanidine groups is 1. The van der Waals surface area contributed by atoms with Gasteiger partial charge in [-0.25, -0.2) is 4.39 Å². The largest absolute Gasteiger partial charge is 0.364 e. The van der Waals surface area contributed by atoms with Gasteiger partial charge in [-0.2, -0.15) is 0 Å². The lowest BCUT2D eigenvalue weighted by molar-refractivity contribution is 0.169. The van der Waals surface area contributed by atoms with E-state index in [-0.39, 0.29) is 35.2 Å². The summed E-state index contributed by atoms with van der Waals surface area (Å²) in [6, 6.07) is 8.64. The number of benzene rings is 1. The standard InChI is InChI=1S/C21H30FN5O.HI/c1-4-23-20(24-16-21(2,3)17-5-7-18(22)8-6-17)27-12-10-26(11-13-27)15-19-9-14-28-25-19;/h5-9,14H,4,10-13,15-16H2,1-3H3,(H,23,24);1H. The van der Waals surface area contributed by atoms with E-state index in [2.05, 4.69) is 41.0 Å². The Labute approximate surface area is 189 Å². The van der Waals surface area contributed by atoms with Crippen LogP contribution < -0.4 is 5.32 Å². The Hall–Kier alpha value is -1.68. The van der Waals surface area contributed by atoms with Gasteiger partial charge in [-0.05, 0) is 24.6 Å². The molecule has 1 aliphatic heterocycles. The molecule has 1 fully saturated rings. The number of halogens is 2. The summed E-state index contributed by atoms with van der Waals surface area (Å²) in [6.45, 7) is 12.4. The molecule has 2 heterocycles. The van der Waals surface area contributed by atoms with Crippen molar-refractivity contribution < 1.29 is 8.91 Å². The first-order valence-electron chi connectivity index (χ1n) is 9.89. The number of nitrogens with one attached hydrogen (secondary N) is 1. The minimum Gasteiger partial charge on any atom is -0.364 e. The number of aliphatic imine (C=N–C) groups is 1. The lowest BCUT2D eigenvalue weighted by atomic mass is 9.85. The number of hydrogen-bond donors (Lipinski definition) is 1. The molecule has 160 valence electrons. The molecule has 0 spiro atoms. The molecule has 29 heavy (non-hydrogen) atoms. The van der Waals surface area contributed by atoms with Crippen LogP contribution >= 0.6 is 24.0 Å². The molecule has 1 aromatic heterocycles. The molecule has 0 unspecified atom stereocenters. The van der Waals surface area contributed by atoms with E-state index in [1.807, 2.05) is 18.2 Å². The van der Waals surface area contributed by atoms with Gasteiger partial charge in [0.25, 0.3) is 0 Å². The van der Waals surface area contributed by atoms with Crippen molar-refractivity contribution in [3.8, 4) is 0 Å². The van der Waals surface area contributed by atoms with E-state index < -0.39 is 0 Å². The Morgan fingerprint density at radius 2 is 1.86 bits per heavy atom. The summed E-state index contributed by atoms with van der Waals surface area (Å²) in [5.41, 5.74) is 1.89. The third kappa shape index (κ3) is 6.67. The lowest BCUT2D eigenvalue weighted by Gasteiger charge is -2.36. The molecule has 8 heteroatoms.